The van der Waals surface area contributed by atoms with Gasteiger partial charge in [0.05, 0.1) is 12.0 Å². The summed E-state index contributed by atoms with van der Waals surface area (Å²) in [6, 6.07) is 15.8. The van der Waals surface area contributed by atoms with Crippen LogP contribution in [0.15, 0.2) is 66.3 Å². The van der Waals surface area contributed by atoms with E-state index < -0.39 is 0 Å². The molecule has 0 fully saturated rings. The van der Waals surface area contributed by atoms with Crippen molar-refractivity contribution in [3.05, 3.63) is 77.9 Å². The molecule has 0 saturated carbocycles. The van der Waals surface area contributed by atoms with Crippen LogP contribution in [0.2, 0.25) is 0 Å². The van der Waals surface area contributed by atoms with E-state index in [9.17, 15) is 4.79 Å². The molecule has 0 unspecified atom stereocenters. The highest BCUT2D eigenvalue weighted by Gasteiger charge is 2.00. The number of aryl methyl sites for hydroxylation is 1. The normalized spacial score (nSPS) is 10.6. The molecule has 25 heavy (non-hydrogen) atoms. The molecule has 0 spiro atoms. The Bertz CT molecular complexity index is 709. The number of ether oxygens (including phenoxy) is 1. The first-order valence-electron chi connectivity index (χ1n) is 7.96. The van der Waals surface area contributed by atoms with Gasteiger partial charge in [-0.25, -0.2) is 5.43 Å². The molecule has 1 N–H and O–H groups in total. The van der Waals surface area contributed by atoms with Crippen molar-refractivity contribution in [2.24, 2.45) is 5.10 Å². The standard InChI is InChI=1S/C20H22N2O2S/c1-3-12-24-19-10-8-17(9-11-19)13-21-22-20(23)15-25-14-18-6-4-16(2)5-7-18/h3-11,13H,1,12,14-15H2,2H3,(H,22,23)/b21-13+. The Morgan fingerprint density at radius 2 is 1.92 bits per heavy atom. The SMILES string of the molecule is C=CCOc1ccc(/C=N/NC(=O)CSCc2ccc(C)cc2)cc1. The molecule has 2 rings (SSSR count). The van der Waals surface area contributed by atoms with Crippen LogP contribution in [-0.2, 0) is 10.5 Å². The summed E-state index contributed by atoms with van der Waals surface area (Å²) >= 11 is 1.57. The number of thioether (sulfide) groups is 1. The maximum absolute atomic E-state index is 11.8. The fraction of sp³-hybridized carbons (Fsp3) is 0.200. The van der Waals surface area contributed by atoms with Crippen LogP contribution in [0.3, 0.4) is 0 Å². The summed E-state index contributed by atoms with van der Waals surface area (Å²) in [5, 5.41) is 3.98. The van der Waals surface area contributed by atoms with Crippen LogP contribution >= 0.6 is 11.8 Å². The van der Waals surface area contributed by atoms with Crippen LogP contribution in [0.4, 0.5) is 0 Å². The number of hydrogen-bond donors (Lipinski definition) is 1. The van der Waals surface area contributed by atoms with Gasteiger partial charge in [-0.1, -0.05) is 42.5 Å². The molecule has 0 aromatic heterocycles. The molecular weight excluding hydrogens is 332 g/mol. The van der Waals surface area contributed by atoms with Gasteiger partial charge < -0.3 is 4.74 Å². The predicted octanol–water partition coefficient (Wildman–Crippen LogP) is 3.94. The Morgan fingerprint density at radius 1 is 1.20 bits per heavy atom. The lowest BCUT2D eigenvalue weighted by molar-refractivity contribution is -0.118. The van der Waals surface area contributed by atoms with Crippen molar-refractivity contribution in [3.63, 3.8) is 0 Å². The monoisotopic (exact) mass is 354 g/mol. The van der Waals surface area contributed by atoms with Crippen LogP contribution in [0.25, 0.3) is 0 Å². The smallest absolute Gasteiger partial charge is 0.250 e. The van der Waals surface area contributed by atoms with Crippen LogP contribution in [0.5, 0.6) is 5.75 Å². The minimum atomic E-state index is -0.112. The molecule has 0 aliphatic rings. The van der Waals surface area contributed by atoms with Crippen molar-refractivity contribution in [2.45, 2.75) is 12.7 Å². The highest BCUT2D eigenvalue weighted by molar-refractivity contribution is 7.99. The number of nitrogens with one attached hydrogen (secondary N) is 1. The maximum atomic E-state index is 11.8. The fourth-order valence-corrected chi connectivity index (χ4v) is 2.74. The molecule has 0 saturated heterocycles. The highest BCUT2D eigenvalue weighted by Crippen LogP contribution is 2.13. The fourth-order valence-electron chi connectivity index (χ4n) is 1.96. The highest BCUT2D eigenvalue weighted by atomic mass is 32.2. The Labute approximate surface area is 153 Å². The van der Waals surface area contributed by atoms with E-state index in [1.165, 1.54) is 11.1 Å². The number of carbonyl (C=O) groups excluding carboxylic acids is 1. The van der Waals surface area contributed by atoms with Gasteiger partial charge in [0.2, 0.25) is 5.91 Å². The molecule has 1 amide bonds. The Hall–Kier alpha value is -2.53. The second kappa shape index (κ2) is 10.4. The lowest BCUT2D eigenvalue weighted by atomic mass is 10.2. The van der Waals surface area contributed by atoms with Gasteiger partial charge in [-0.15, -0.1) is 11.8 Å². The molecule has 5 heteroatoms. The zero-order valence-electron chi connectivity index (χ0n) is 14.3. The summed E-state index contributed by atoms with van der Waals surface area (Å²) in [4.78, 5) is 11.8. The largest absolute Gasteiger partial charge is 0.490 e. The number of hydrazone groups is 1. The number of hydrogen-bond acceptors (Lipinski definition) is 4. The summed E-state index contributed by atoms with van der Waals surface area (Å²) in [6.45, 7) is 6.14. The summed E-state index contributed by atoms with van der Waals surface area (Å²) in [5.74, 6) is 1.84. The van der Waals surface area contributed by atoms with E-state index in [0.29, 0.717) is 12.4 Å². The lowest BCUT2D eigenvalue weighted by Crippen LogP contribution is -2.19. The third kappa shape index (κ3) is 7.27. The first-order chi connectivity index (χ1) is 12.2. The Balaban J connectivity index is 1.69. The number of nitrogens with zero attached hydrogens (tertiary/aromatic N) is 1. The quantitative estimate of drug-likeness (QED) is 0.421. The van der Waals surface area contributed by atoms with Gasteiger partial charge in [-0.2, -0.15) is 5.10 Å². The second-order valence-corrected chi connectivity index (χ2v) is 6.43. The summed E-state index contributed by atoms with van der Waals surface area (Å²) < 4.78 is 5.41. The summed E-state index contributed by atoms with van der Waals surface area (Å²) in [7, 11) is 0. The van der Waals surface area contributed by atoms with E-state index >= 15 is 0 Å². The van der Waals surface area contributed by atoms with E-state index in [1.54, 1.807) is 24.1 Å². The van der Waals surface area contributed by atoms with Crippen LogP contribution < -0.4 is 10.2 Å². The zero-order chi connectivity index (χ0) is 17.9. The molecule has 4 nitrogen and oxygen atoms in total. The number of rotatable bonds is 9. The number of benzene rings is 2. The number of carbonyl (C=O) groups is 1. The maximum Gasteiger partial charge on any atom is 0.250 e. The van der Waals surface area contributed by atoms with Gasteiger partial charge >= 0.3 is 0 Å². The zero-order valence-corrected chi connectivity index (χ0v) is 15.1. The minimum absolute atomic E-state index is 0.112. The third-order valence-electron chi connectivity index (χ3n) is 3.27. The molecule has 0 bridgehead atoms. The molecule has 0 aliphatic carbocycles. The first kappa shape index (κ1) is 18.8. The van der Waals surface area contributed by atoms with Crippen LogP contribution in [0.1, 0.15) is 16.7 Å². The molecule has 0 heterocycles. The average molecular weight is 354 g/mol. The van der Waals surface area contributed by atoms with Crippen molar-refractivity contribution in [2.75, 3.05) is 12.4 Å². The number of amides is 1. The van der Waals surface area contributed by atoms with Crippen LogP contribution in [-0.4, -0.2) is 24.5 Å². The topological polar surface area (TPSA) is 50.7 Å². The molecule has 0 radical (unpaired) electrons. The molecular formula is C20H22N2O2S. The Morgan fingerprint density at radius 3 is 2.60 bits per heavy atom. The average Bonchev–Trinajstić information content (AvgIpc) is 2.63. The van der Waals surface area contributed by atoms with Gasteiger partial charge in [-0.3, -0.25) is 4.79 Å². The second-order valence-electron chi connectivity index (χ2n) is 5.44. The summed E-state index contributed by atoms with van der Waals surface area (Å²) in [6.07, 6.45) is 3.31. The van der Waals surface area contributed by atoms with E-state index in [4.69, 9.17) is 4.74 Å². The van der Waals surface area contributed by atoms with E-state index in [2.05, 4.69) is 48.3 Å². The van der Waals surface area contributed by atoms with Crippen molar-refractivity contribution >= 4 is 23.9 Å². The van der Waals surface area contributed by atoms with Crippen molar-refractivity contribution in [3.8, 4) is 5.75 Å². The van der Waals surface area contributed by atoms with Crippen molar-refractivity contribution in [1.82, 2.24) is 5.43 Å². The van der Waals surface area contributed by atoms with Crippen LogP contribution in [0, 0.1) is 6.92 Å². The van der Waals surface area contributed by atoms with Gasteiger partial charge in [0.25, 0.3) is 0 Å². The molecule has 0 atom stereocenters. The first-order valence-corrected chi connectivity index (χ1v) is 9.12. The summed E-state index contributed by atoms with van der Waals surface area (Å²) in [5.41, 5.74) is 5.88. The van der Waals surface area contributed by atoms with Gasteiger partial charge in [0.1, 0.15) is 12.4 Å². The van der Waals surface area contributed by atoms with Gasteiger partial charge in [0, 0.05) is 5.75 Å². The molecule has 0 aliphatic heterocycles. The van der Waals surface area contributed by atoms with E-state index in [0.717, 1.165) is 17.1 Å². The van der Waals surface area contributed by atoms with Gasteiger partial charge in [-0.05, 0) is 42.3 Å². The minimum Gasteiger partial charge on any atom is -0.490 e. The molecule has 130 valence electrons. The lowest BCUT2D eigenvalue weighted by Gasteiger charge is -2.03. The van der Waals surface area contributed by atoms with E-state index in [-0.39, 0.29) is 5.91 Å². The van der Waals surface area contributed by atoms with Crippen molar-refractivity contribution < 1.29 is 9.53 Å². The Kier molecular flexibility index (Phi) is 7.79. The van der Waals surface area contributed by atoms with Crippen molar-refractivity contribution in [1.29, 1.82) is 0 Å². The molecule has 2 aromatic carbocycles. The van der Waals surface area contributed by atoms with E-state index in [1.807, 2.05) is 24.3 Å². The van der Waals surface area contributed by atoms with Gasteiger partial charge in [0.15, 0.2) is 0 Å². The molecule has 2 aromatic rings. The third-order valence-corrected chi connectivity index (χ3v) is 4.28. The predicted molar refractivity (Wildman–Crippen MR) is 105 cm³/mol.